The number of fused-ring (bicyclic) bond motifs is 1. The first kappa shape index (κ1) is 14.8. The van der Waals surface area contributed by atoms with E-state index >= 15 is 0 Å². The minimum Gasteiger partial charge on any atom is -0.313 e. The number of anilines is 2. The Morgan fingerprint density at radius 1 is 1.00 bits per heavy atom. The van der Waals surface area contributed by atoms with Crippen LogP contribution in [0.2, 0.25) is 0 Å². The Labute approximate surface area is 144 Å². The molecule has 1 heteroatoms. The zero-order chi connectivity index (χ0) is 16.7. The second-order valence-electron chi connectivity index (χ2n) is 6.70. The lowest BCUT2D eigenvalue weighted by Crippen LogP contribution is -2.24. The summed E-state index contributed by atoms with van der Waals surface area (Å²) in [6.07, 6.45) is 4.05. The van der Waals surface area contributed by atoms with Crippen LogP contribution in [0, 0.1) is 25.7 Å². The Balaban J connectivity index is 1.98. The lowest BCUT2D eigenvalue weighted by atomic mass is 9.90. The zero-order valence-electron chi connectivity index (χ0n) is 14.5. The van der Waals surface area contributed by atoms with Gasteiger partial charge >= 0.3 is 0 Å². The molecule has 0 spiro atoms. The smallest absolute Gasteiger partial charge is 0.0504 e. The summed E-state index contributed by atoms with van der Waals surface area (Å²) in [5.41, 5.74) is 10.4. The lowest BCUT2D eigenvalue weighted by Gasteiger charge is -2.35. The molecular weight excluding hydrogens is 290 g/mol. The second kappa shape index (κ2) is 5.73. The van der Waals surface area contributed by atoms with Crippen LogP contribution in [0.3, 0.4) is 0 Å². The highest BCUT2D eigenvalue weighted by molar-refractivity contribution is 5.77. The molecule has 0 amide bonds. The van der Waals surface area contributed by atoms with Crippen molar-refractivity contribution in [1.29, 1.82) is 0 Å². The molecule has 1 nitrogen and oxygen atoms in total. The third kappa shape index (κ3) is 2.45. The molecule has 2 aromatic rings. The highest BCUT2D eigenvalue weighted by atomic mass is 15.2. The van der Waals surface area contributed by atoms with Crippen LogP contribution in [0.15, 0.2) is 65.4 Å². The van der Waals surface area contributed by atoms with Gasteiger partial charge in [-0.15, -0.1) is 0 Å². The van der Waals surface area contributed by atoms with Crippen molar-refractivity contribution in [2.75, 3.05) is 4.90 Å². The molecule has 1 aliphatic carbocycles. The first-order valence-corrected chi connectivity index (χ1v) is 8.48. The van der Waals surface area contributed by atoms with E-state index in [0.717, 1.165) is 18.4 Å². The number of rotatable bonds is 1. The molecule has 118 valence electrons. The molecule has 4 rings (SSSR count). The minimum absolute atomic E-state index is 0.796. The summed E-state index contributed by atoms with van der Waals surface area (Å²) < 4.78 is 0. The summed E-state index contributed by atoms with van der Waals surface area (Å²) in [6.45, 7) is 6.47. The van der Waals surface area contributed by atoms with Gasteiger partial charge in [0.15, 0.2) is 0 Å². The Kier molecular flexibility index (Phi) is 3.54. The fraction of sp³-hybridized carbons (Fsp3) is 0.217. The maximum absolute atomic E-state index is 3.34. The highest BCUT2D eigenvalue weighted by Crippen LogP contribution is 2.42. The van der Waals surface area contributed by atoms with Crippen molar-refractivity contribution in [3.05, 3.63) is 82.1 Å². The SMILES string of the molecule is CC1=CC2=C(CC#C1)N(c1cccc(C)c1)c1cccc(C)c1C2. The Morgan fingerprint density at radius 3 is 2.67 bits per heavy atom. The van der Waals surface area contributed by atoms with Gasteiger partial charge in [-0.25, -0.2) is 0 Å². The topological polar surface area (TPSA) is 3.24 Å². The van der Waals surface area contributed by atoms with E-state index in [1.54, 1.807) is 0 Å². The molecule has 1 aliphatic heterocycles. The van der Waals surface area contributed by atoms with Crippen LogP contribution < -0.4 is 4.90 Å². The molecule has 0 aromatic heterocycles. The summed E-state index contributed by atoms with van der Waals surface area (Å²) in [5, 5.41) is 0. The van der Waals surface area contributed by atoms with Gasteiger partial charge in [-0.05, 0) is 72.9 Å². The van der Waals surface area contributed by atoms with Crippen molar-refractivity contribution in [3.8, 4) is 11.8 Å². The molecule has 2 aliphatic rings. The molecule has 1 heterocycles. The molecule has 2 aromatic carbocycles. The third-order valence-electron chi connectivity index (χ3n) is 4.83. The predicted octanol–water partition coefficient (Wildman–Crippen LogP) is 5.61. The van der Waals surface area contributed by atoms with Crippen molar-refractivity contribution < 1.29 is 0 Å². The van der Waals surface area contributed by atoms with Crippen molar-refractivity contribution in [1.82, 2.24) is 0 Å². The average Bonchev–Trinajstić information content (AvgIpc) is 2.74. The van der Waals surface area contributed by atoms with Crippen LogP contribution in [0.25, 0.3) is 0 Å². The third-order valence-corrected chi connectivity index (χ3v) is 4.83. The summed E-state index contributed by atoms with van der Waals surface area (Å²) in [7, 11) is 0. The van der Waals surface area contributed by atoms with Crippen LogP contribution in [-0.2, 0) is 6.42 Å². The lowest BCUT2D eigenvalue weighted by molar-refractivity contribution is 0.967. The van der Waals surface area contributed by atoms with Crippen LogP contribution in [0.5, 0.6) is 0 Å². The highest BCUT2D eigenvalue weighted by Gasteiger charge is 2.26. The molecule has 0 radical (unpaired) electrons. The van der Waals surface area contributed by atoms with Gasteiger partial charge in [-0.3, -0.25) is 0 Å². The number of aryl methyl sites for hydroxylation is 2. The largest absolute Gasteiger partial charge is 0.313 e. The molecule has 0 unspecified atom stereocenters. The van der Waals surface area contributed by atoms with Gasteiger partial charge in [-0.1, -0.05) is 36.1 Å². The van der Waals surface area contributed by atoms with E-state index in [0.29, 0.717) is 0 Å². The molecular formula is C23H21N. The summed E-state index contributed by atoms with van der Waals surface area (Å²) in [4.78, 5) is 2.41. The molecule has 0 atom stereocenters. The molecule has 0 fully saturated rings. The average molecular weight is 311 g/mol. The van der Waals surface area contributed by atoms with Crippen molar-refractivity contribution in [2.45, 2.75) is 33.6 Å². The van der Waals surface area contributed by atoms with E-state index in [1.165, 1.54) is 39.3 Å². The normalized spacial score (nSPS) is 15.8. The van der Waals surface area contributed by atoms with Gasteiger partial charge in [0.25, 0.3) is 0 Å². The van der Waals surface area contributed by atoms with Crippen LogP contribution in [-0.4, -0.2) is 0 Å². The summed E-state index contributed by atoms with van der Waals surface area (Å²) in [5.74, 6) is 6.61. The number of allylic oxidation sites excluding steroid dienone is 4. The van der Waals surface area contributed by atoms with E-state index in [9.17, 15) is 0 Å². The predicted molar refractivity (Wildman–Crippen MR) is 101 cm³/mol. The van der Waals surface area contributed by atoms with Gasteiger partial charge in [0, 0.05) is 23.5 Å². The molecule has 0 bridgehead atoms. The fourth-order valence-electron chi connectivity index (χ4n) is 3.66. The van der Waals surface area contributed by atoms with Crippen LogP contribution in [0.4, 0.5) is 11.4 Å². The number of nitrogens with zero attached hydrogens (tertiary/aromatic N) is 1. The first-order valence-electron chi connectivity index (χ1n) is 8.48. The van der Waals surface area contributed by atoms with E-state index in [2.05, 4.69) is 86.1 Å². The number of hydrogen-bond donors (Lipinski definition) is 0. The van der Waals surface area contributed by atoms with E-state index in [1.807, 2.05) is 0 Å². The quantitative estimate of drug-likeness (QED) is 0.619. The number of hydrogen-bond acceptors (Lipinski definition) is 1. The maximum atomic E-state index is 3.34. The van der Waals surface area contributed by atoms with Crippen LogP contribution in [0.1, 0.15) is 30.0 Å². The van der Waals surface area contributed by atoms with Gasteiger partial charge in [0.1, 0.15) is 0 Å². The Hall–Kier alpha value is -2.72. The number of benzene rings is 2. The van der Waals surface area contributed by atoms with Gasteiger partial charge in [-0.2, -0.15) is 0 Å². The zero-order valence-corrected chi connectivity index (χ0v) is 14.5. The van der Waals surface area contributed by atoms with E-state index in [4.69, 9.17) is 0 Å². The Bertz CT molecular complexity index is 947. The van der Waals surface area contributed by atoms with E-state index in [-0.39, 0.29) is 0 Å². The standard InChI is InChI=1S/C23H21N/c1-16-8-5-11-22-19(13-16)15-21-18(3)9-6-12-23(21)24(22)20-10-4-7-17(2)14-20/h4,6-7,9-10,12-14H,11,15H2,1-3H3. The van der Waals surface area contributed by atoms with Crippen molar-refractivity contribution in [3.63, 3.8) is 0 Å². The molecule has 0 saturated carbocycles. The van der Waals surface area contributed by atoms with Gasteiger partial charge < -0.3 is 4.90 Å². The maximum Gasteiger partial charge on any atom is 0.0504 e. The summed E-state index contributed by atoms with van der Waals surface area (Å²) >= 11 is 0. The van der Waals surface area contributed by atoms with Gasteiger partial charge in [0.2, 0.25) is 0 Å². The molecule has 0 saturated heterocycles. The molecule has 0 N–H and O–H groups in total. The van der Waals surface area contributed by atoms with Crippen molar-refractivity contribution in [2.24, 2.45) is 0 Å². The second-order valence-corrected chi connectivity index (χ2v) is 6.70. The van der Waals surface area contributed by atoms with Crippen molar-refractivity contribution >= 4 is 11.4 Å². The monoisotopic (exact) mass is 311 g/mol. The van der Waals surface area contributed by atoms with Crippen LogP contribution >= 0.6 is 0 Å². The summed E-state index contributed by atoms with van der Waals surface area (Å²) in [6, 6.07) is 15.4. The van der Waals surface area contributed by atoms with E-state index < -0.39 is 0 Å². The first-order chi connectivity index (χ1) is 11.6. The Morgan fingerprint density at radius 2 is 1.83 bits per heavy atom. The van der Waals surface area contributed by atoms with Gasteiger partial charge in [0.05, 0.1) is 6.42 Å². The molecule has 24 heavy (non-hydrogen) atoms. The fourth-order valence-corrected chi connectivity index (χ4v) is 3.66. The minimum atomic E-state index is 0.796.